The fraction of sp³-hybridized carbons (Fsp3) is 0.556. The molecule has 1 heterocycles. The minimum Gasteiger partial charge on any atom is -0.465 e. The Morgan fingerprint density at radius 2 is 2.27 bits per heavy atom. The van der Waals surface area contributed by atoms with Crippen molar-refractivity contribution in [3.05, 3.63) is 22.1 Å². The largest absolute Gasteiger partial charge is 0.465 e. The Morgan fingerprint density at radius 1 is 1.55 bits per heavy atom. The lowest BCUT2D eigenvalue weighted by molar-refractivity contribution is 0.474. The molecule has 0 aliphatic rings. The first-order chi connectivity index (χ1) is 5.24. The van der Waals surface area contributed by atoms with Gasteiger partial charge in [0, 0.05) is 6.42 Å². The van der Waals surface area contributed by atoms with Crippen LogP contribution < -0.4 is 0 Å². The summed E-state index contributed by atoms with van der Waals surface area (Å²) in [4.78, 5) is 0. The molecule has 62 valence electrons. The van der Waals surface area contributed by atoms with Crippen molar-refractivity contribution in [1.29, 1.82) is 0 Å². The number of hydrogen-bond acceptors (Lipinski definition) is 1. The van der Waals surface area contributed by atoms with Gasteiger partial charge >= 0.3 is 0 Å². The second-order valence-corrected chi connectivity index (χ2v) is 3.59. The summed E-state index contributed by atoms with van der Waals surface area (Å²) in [7, 11) is 0. The zero-order valence-corrected chi connectivity index (χ0v) is 8.57. The van der Waals surface area contributed by atoms with E-state index in [1.165, 1.54) is 12.8 Å². The Balaban J connectivity index is 2.62. The number of aryl methyl sites for hydroxylation is 2. The van der Waals surface area contributed by atoms with Gasteiger partial charge in [-0.3, -0.25) is 0 Å². The third-order valence-electron chi connectivity index (χ3n) is 1.64. The van der Waals surface area contributed by atoms with E-state index < -0.39 is 0 Å². The van der Waals surface area contributed by atoms with Crippen LogP contribution in [0.15, 0.2) is 15.0 Å². The standard InChI is InChI=1S/C9H13BrO/c1-3-4-5-9-8(10)6-7(2)11-9/h6H,3-5H2,1-2H3. The Morgan fingerprint density at radius 3 is 2.73 bits per heavy atom. The van der Waals surface area contributed by atoms with E-state index in [9.17, 15) is 0 Å². The topological polar surface area (TPSA) is 13.1 Å². The van der Waals surface area contributed by atoms with Gasteiger partial charge in [0.1, 0.15) is 11.5 Å². The van der Waals surface area contributed by atoms with Crippen LogP contribution in [0.1, 0.15) is 31.3 Å². The molecule has 11 heavy (non-hydrogen) atoms. The molecule has 0 amide bonds. The summed E-state index contributed by atoms with van der Waals surface area (Å²) >= 11 is 3.45. The van der Waals surface area contributed by atoms with Gasteiger partial charge in [-0.15, -0.1) is 0 Å². The Bertz CT molecular complexity index is 227. The molecule has 0 radical (unpaired) electrons. The molecule has 0 N–H and O–H groups in total. The molecule has 0 fully saturated rings. The molecule has 0 unspecified atom stereocenters. The van der Waals surface area contributed by atoms with E-state index in [2.05, 4.69) is 22.9 Å². The van der Waals surface area contributed by atoms with Crippen molar-refractivity contribution in [3.8, 4) is 0 Å². The lowest BCUT2D eigenvalue weighted by atomic mass is 10.2. The van der Waals surface area contributed by atoms with E-state index in [0.717, 1.165) is 22.4 Å². The lowest BCUT2D eigenvalue weighted by Crippen LogP contribution is -1.80. The molecule has 0 aliphatic heterocycles. The Labute approximate surface area is 75.9 Å². The smallest absolute Gasteiger partial charge is 0.118 e. The number of rotatable bonds is 3. The maximum Gasteiger partial charge on any atom is 0.118 e. The fourth-order valence-electron chi connectivity index (χ4n) is 1.04. The molecule has 0 spiro atoms. The summed E-state index contributed by atoms with van der Waals surface area (Å²) in [6.45, 7) is 4.16. The van der Waals surface area contributed by atoms with Gasteiger partial charge in [-0.2, -0.15) is 0 Å². The highest BCUT2D eigenvalue weighted by Gasteiger charge is 2.04. The molecule has 1 nitrogen and oxygen atoms in total. The van der Waals surface area contributed by atoms with Gasteiger partial charge in [0.25, 0.3) is 0 Å². The summed E-state index contributed by atoms with van der Waals surface area (Å²) in [6, 6.07) is 2.02. The van der Waals surface area contributed by atoms with E-state index in [-0.39, 0.29) is 0 Å². The van der Waals surface area contributed by atoms with Crippen LogP contribution in [0.3, 0.4) is 0 Å². The normalized spacial score (nSPS) is 10.5. The highest BCUT2D eigenvalue weighted by molar-refractivity contribution is 9.10. The Kier molecular flexibility index (Phi) is 3.18. The van der Waals surface area contributed by atoms with Gasteiger partial charge in [-0.25, -0.2) is 0 Å². The van der Waals surface area contributed by atoms with Crippen LogP contribution in [0.2, 0.25) is 0 Å². The molecule has 0 aromatic carbocycles. The monoisotopic (exact) mass is 216 g/mol. The molecule has 0 atom stereocenters. The molecule has 0 bridgehead atoms. The highest BCUT2D eigenvalue weighted by Crippen LogP contribution is 2.22. The van der Waals surface area contributed by atoms with Crippen LogP contribution in [0.4, 0.5) is 0 Å². The molecule has 0 saturated carbocycles. The summed E-state index contributed by atoms with van der Waals surface area (Å²) in [5.74, 6) is 2.08. The van der Waals surface area contributed by atoms with Crippen LogP contribution >= 0.6 is 15.9 Å². The van der Waals surface area contributed by atoms with Crippen molar-refractivity contribution in [2.75, 3.05) is 0 Å². The predicted molar refractivity (Wildman–Crippen MR) is 49.8 cm³/mol. The quantitative estimate of drug-likeness (QED) is 0.752. The maximum atomic E-state index is 5.47. The first-order valence-corrected chi connectivity index (χ1v) is 4.78. The zero-order chi connectivity index (χ0) is 8.27. The predicted octanol–water partition coefficient (Wildman–Crippen LogP) is 3.69. The van der Waals surface area contributed by atoms with Gasteiger partial charge < -0.3 is 4.42 Å². The summed E-state index contributed by atoms with van der Waals surface area (Å²) in [5, 5.41) is 0. The van der Waals surface area contributed by atoms with Gasteiger partial charge in [-0.1, -0.05) is 13.3 Å². The highest BCUT2D eigenvalue weighted by atomic mass is 79.9. The minimum atomic E-state index is 0.989. The van der Waals surface area contributed by atoms with Gasteiger partial charge in [0.2, 0.25) is 0 Å². The molecule has 0 saturated heterocycles. The van der Waals surface area contributed by atoms with E-state index in [4.69, 9.17) is 4.42 Å². The number of unbranched alkanes of at least 4 members (excludes halogenated alkanes) is 1. The molecule has 1 aromatic rings. The fourth-order valence-corrected chi connectivity index (χ4v) is 1.64. The third-order valence-corrected chi connectivity index (χ3v) is 2.31. The van der Waals surface area contributed by atoms with Crippen LogP contribution in [-0.4, -0.2) is 0 Å². The van der Waals surface area contributed by atoms with Gasteiger partial charge in [0.15, 0.2) is 0 Å². The van der Waals surface area contributed by atoms with Crippen LogP contribution in [0.25, 0.3) is 0 Å². The van der Waals surface area contributed by atoms with Gasteiger partial charge in [0.05, 0.1) is 4.47 Å². The van der Waals surface area contributed by atoms with E-state index in [1.54, 1.807) is 0 Å². The molecule has 2 heteroatoms. The number of furan rings is 1. The van der Waals surface area contributed by atoms with Gasteiger partial charge in [-0.05, 0) is 35.3 Å². The molecule has 0 aliphatic carbocycles. The minimum absolute atomic E-state index is 0.989. The second kappa shape index (κ2) is 3.96. The average molecular weight is 217 g/mol. The second-order valence-electron chi connectivity index (χ2n) is 2.73. The molecular formula is C9H13BrO. The molecule has 1 aromatic heterocycles. The van der Waals surface area contributed by atoms with Crippen molar-refractivity contribution in [2.45, 2.75) is 33.1 Å². The zero-order valence-electron chi connectivity index (χ0n) is 6.98. The lowest BCUT2D eigenvalue weighted by Gasteiger charge is -1.93. The SMILES string of the molecule is CCCCc1oc(C)cc1Br. The van der Waals surface area contributed by atoms with Crippen LogP contribution in [-0.2, 0) is 6.42 Å². The number of halogens is 1. The van der Waals surface area contributed by atoms with Crippen molar-refractivity contribution < 1.29 is 4.42 Å². The average Bonchev–Trinajstić information content (AvgIpc) is 2.26. The number of hydrogen-bond donors (Lipinski definition) is 0. The first-order valence-electron chi connectivity index (χ1n) is 3.99. The van der Waals surface area contributed by atoms with Crippen molar-refractivity contribution in [2.24, 2.45) is 0 Å². The van der Waals surface area contributed by atoms with Crippen LogP contribution in [0.5, 0.6) is 0 Å². The summed E-state index contributed by atoms with van der Waals surface area (Å²) in [6.07, 6.45) is 3.46. The van der Waals surface area contributed by atoms with E-state index in [0.29, 0.717) is 0 Å². The van der Waals surface area contributed by atoms with E-state index >= 15 is 0 Å². The molecular weight excluding hydrogens is 204 g/mol. The first kappa shape index (κ1) is 8.85. The van der Waals surface area contributed by atoms with Crippen LogP contribution in [0, 0.1) is 6.92 Å². The third kappa shape index (κ3) is 2.37. The maximum absolute atomic E-state index is 5.47. The van der Waals surface area contributed by atoms with Crippen molar-refractivity contribution >= 4 is 15.9 Å². The summed E-state index contributed by atoms with van der Waals surface area (Å²) in [5.41, 5.74) is 0. The van der Waals surface area contributed by atoms with Crippen molar-refractivity contribution in [3.63, 3.8) is 0 Å². The van der Waals surface area contributed by atoms with E-state index in [1.807, 2.05) is 13.0 Å². The molecule has 1 rings (SSSR count). The van der Waals surface area contributed by atoms with Crippen molar-refractivity contribution in [1.82, 2.24) is 0 Å². The Hall–Kier alpha value is -0.240. The summed E-state index contributed by atoms with van der Waals surface area (Å²) < 4.78 is 6.58.